The second-order valence-electron chi connectivity index (χ2n) is 9.72. The topological polar surface area (TPSA) is 50.9 Å². The quantitative estimate of drug-likeness (QED) is 0.455. The number of epoxide rings is 1. The lowest BCUT2D eigenvalue weighted by Crippen LogP contribution is -2.41. The number of allylic oxidation sites excluding steroid dienone is 1. The molecule has 31 heavy (non-hydrogen) atoms. The zero-order chi connectivity index (χ0) is 23.2. The average molecular weight is 430 g/mol. The van der Waals surface area contributed by atoms with E-state index in [1.165, 1.54) is 25.7 Å². The number of amides is 1. The zero-order valence-corrected chi connectivity index (χ0v) is 20.7. The zero-order valence-electron chi connectivity index (χ0n) is 20.7. The highest BCUT2D eigenvalue weighted by molar-refractivity contribution is 5.69. The Bertz CT molecular complexity index is 740. The van der Waals surface area contributed by atoms with Gasteiger partial charge in [-0.15, -0.1) is 0 Å². The number of hydrogen-bond acceptors (Lipinski definition) is 3. The van der Waals surface area contributed by atoms with Gasteiger partial charge < -0.3 is 14.8 Å². The van der Waals surface area contributed by atoms with Gasteiger partial charge in [0.1, 0.15) is 0 Å². The number of ether oxygens (including phenoxy) is 2. The van der Waals surface area contributed by atoms with Crippen molar-refractivity contribution < 1.29 is 14.3 Å². The summed E-state index contributed by atoms with van der Waals surface area (Å²) in [7, 11) is 0. The smallest absolute Gasteiger partial charge is 0.407 e. The minimum atomic E-state index is -0.474. The van der Waals surface area contributed by atoms with Crippen molar-refractivity contribution in [1.82, 2.24) is 5.32 Å². The molecular weight excluding hydrogens is 386 g/mol. The van der Waals surface area contributed by atoms with Gasteiger partial charge in [-0.05, 0) is 69.1 Å². The van der Waals surface area contributed by atoms with Crippen LogP contribution in [0.25, 0.3) is 5.57 Å². The highest BCUT2D eigenvalue weighted by atomic mass is 16.6. The molecule has 1 saturated carbocycles. The largest absolute Gasteiger partial charge is 0.450 e. The molecule has 4 nitrogen and oxygen atoms in total. The van der Waals surface area contributed by atoms with Crippen molar-refractivity contribution in [2.75, 3.05) is 6.61 Å². The number of carbonyl (C=O) groups excluding carboxylic acids is 1. The molecule has 174 valence electrons. The maximum Gasteiger partial charge on any atom is 0.407 e. The SMILES string of the molecule is C=C(C)c1cccc(C(C)(C)NC(=O)OCC)c1.CCCC(CC)C1C(C)CC2OC21. The Morgan fingerprint density at radius 3 is 2.55 bits per heavy atom. The summed E-state index contributed by atoms with van der Waals surface area (Å²) >= 11 is 0. The van der Waals surface area contributed by atoms with E-state index in [1.54, 1.807) is 6.92 Å². The molecule has 0 aromatic heterocycles. The van der Waals surface area contributed by atoms with Gasteiger partial charge in [-0.3, -0.25) is 0 Å². The maximum absolute atomic E-state index is 11.5. The van der Waals surface area contributed by atoms with Crippen LogP contribution in [0.3, 0.4) is 0 Å². The Morgan fingerprint density at radius 1 is 1.32 bits per heavy atom. The van der Waals surface area contributed by atoms with Crippen LogP contribution in [0.5, 0.6) is 0 Å². The molecule has 0 bridgehead atoms. The lowest BCUT2D eigenvalue weighted by atomic mass is 9.80. The Kier molecular flexibility index (Phi) is 9.17. The summed E-state index contributed by atoms with van der Waals surface area (Å²) in [5.74, 6) is 2.73. The van der Waals surface area contributed by atoms with Gasteiger partial charge in [0.2, 0.25) is 0 Å². The third-order valence-corrected chi connectivity index (χ3v) is 6.76. The van der Waals surface area contributed by atoms with Gasteiger partial charge in [-0.1, -0.05) is 70.4 Å². The van der Waals surface area contributed by atoms with Crippen molar-refractivity contribution in [3.63, 3.8) is 0 Å². The van der Waals surface area contributed by atoms with E-state index >= 15 is 0 Å². The van der Waals surface area contributed by atoms with E-state index < -0.39 is 11.6 Å². The second kappa shape index (κ2) is 11.2. The average Bonchev–Trinajstić information content (AvgIpc) is 3.38. The number of fused-ring (bicyclic) bond motifs is 1. The van der Waals surface area contributed by atoms with Gasteiger partial charge >= 0.3 is 6.09 Å². The Balaban J connectivity index is 0.000000231. The van der Waals surface area contributed by atoms with Crippen LogP contribution in [0.15, 0.2) is 30.8 Å². The van der Waals surface area contributed by atoms with Crippen LogP contribution in [0.1, 0.15) is 85.3 Å². The summed E-state index contributed by atoms with van der Waals surface area (Å²) in [5, 5.41) is 2.85. The summed E-state index contributed by atoms with van der Waals surface area (Å²) in [5.41, 5.74) is 2.63. The van der Waals surface area contributed by atoms with E-state index in [9.17, 15) is 4.79 Å². The highest BCUT2D eigenvalue weighted by Gasteiger charge is 2.55. The predicted octanol–water partition coefficient (Wildman–Crippen LogP) is 6.94. The first-order chi connectivity index (χ1) is 14.6. The van der Waals surface area contributed by atoms with Crippen LogP contribution < -0.4 is 5.32 Å². The Labute approximate surface area is 189 Å². The molecule has 2 aliphatic rings. The highest BCUT2D eigenvalue weighted by Crippen LogP contribution is 2.51. The van der Waals surface area contributed by atoms with E-state index in [4.69, 9.17) is 9.47 Å². The van der Waals surface area contributed by atoms with E-state index in [0.29, 0.717) is 18.8 Å². The Hall–Kier alpha value is -1.81. The standard InChI is InChI=1S/C15H21NO2.C12H22O/c1-6-18-14(17)16-15(4,5)13-9-7-8-12(10-13)11(2)3;1-4-6-9(5-2)11-8(3)7-10-12(11)13-10/h7-10H,2,6H2,1,3-5H3,(H,16,17);8-12H,4-7H2,1-3H3. The number of alkyl carbamates (subject to hydrolysis) is 1. The summed E-state index contributed by atoms with van der Waals surface area (Å²) < 4.78 is 10.6. The molecule has 5 atom stereocenters. The van der Waals surface area contributed by atoms with Gasteiger partial charge in [0.15, 0.2) is 0 Å². The molecule has 1 amide bonds. The molecule has 0 radical (unpaired) electrons. The molecular formula is C27H43NO3. The van der Waals surface area contributed by atoms with Crippen LogP contribution in [0.4, 0.5) is 4.79 Å². The molecule has 4 heteroatoms. The monoisotopic (exact) mass is 429 g/mol. The molecule has 1 aliphatic carbocycles. The fourth-order valence-corrected chi connectivity index (χ4v) is 4.97. The van der Waals surface area contributed by atoms with Crippen LogP contribution >= 0.6 is 0 Å². The summed E-state index contributed by atoms with van der Waals surface area (Å²) in [6.07, 6.45) is 6.32. The van der Waals surface area contributed by atoms with Gasteiger partial charge in [-0.2, -0.15) is 0 Å². The molecule has 1 aromatic rings. The van der Waals surface area contributed by atoms with Crippen molar-refractivity contribution in [3.8, 4) is 0 Å². The molecule has 1 saturated heterocycles. The number of nitrogens with one attached hydrogen (secondary N) is 1. The van der Waals surface area contributed by atoms with Gasteiger partial charge in [0, 0.05) is 0 Å². The molecule has 5 unspecified atom stereocenters. The summed E-state index contributed by atoms with van der Waals surface area (Å²) in [6, 6.07) is 7.99. The Morgan fingerprint density at radius 2 is 2.03 bits per heavy atom. The first-order valence-corrected chi connectivity index (χ1v) is 12.0. The number of carbonyl (C=O) groups is 1. The lowest BCUT2D eigenvalue weighted by Gasteiger charge is -2.26. The number of hydrogen-bond donors (Lipinski definition) is 1. The van der Waals surface area contributed by atoms with E-state index in [-0.39, 0.29) is 0 Å². The molecule has 1 heterocycles. The predicted molar refractivity (Wildman–Crippen MR) is 129 cm³/mol. The molecule has 2 fully saturated rings. The minimum Gasteiger partial charge on any atom is -0.450 e. The van der Waals surface area contributed by atoms with Gasteiger partial charge in [0.05, 0.1) is 24.4 Å². The third kappa shape index (κ3) is 6.83. The summed E-state index contributed by atoms with van der Waals surface area (Å²) in [6.45, 7) is 19.0. The van der Waals surface area contributed by atoms with Crippen molar-refractivity contribution in [2.24, 2.45) is 17.8 Å². The van der Waals surface area contributed by atoms with Crippen LogP contribution in [0, 0.1) is 17.8 Å². The molecule has 1 N–H and O–H groups in total. The number of benzene rings is 1. The lowest BCUT2D eigenvalue weighted by molar-refractivity contribution is 0.141. The van der Waals surface area contributed by atoms with Crippen molar-refractivity contribution >= 4 is 11.7 Å². The van der Waals surface area contributed by atoms with Crippen LogP contribution in [-0.4, -0.2) is 24.9 Å². The first-order valence-electron chi connectivity index (χ1n) is 12.0. The molecule has 3 rings (SSSR count). The molecule has 1 aliphatic heterocycles. The number of rotatable bonds is 8. The maximum atomic E-state index is 11.5. The van der Waals surface area contributed by atoms with E-state index in [2.05, 4.69) is 32.7 Å². The fraction of sp³-hybridized carbons (Fsp3) is 0.667. The second-order valence-corrected chi connectivity index (χ2v) is 9.72. The van der Waals surface area contributed by atoms with Crippen LogP contribution in [0.2, 0.25) is 0 Å². The fourth-order valence-electron chi connectivity index (χ4n) is 4.97. The van der Waals surface area contributed by atoms with Gasteiger partial charge in [-0.25, -0.2) is 4.79 Å². The normalized spacial score (nSPS) is 25.0. The van der Waals surface area contributed by atoms with E-state index in [0.717, 1.165) is 34.5 Å². The van der Waals surface area contributed by atoms with Crippen molar-refractivity contribution in [1.29, 1.82) is 0 Å². The van der Waals surface area contributed by atoms with Crippen molar-refractivity contribution in [3.05, 3.63) is 42.0 Å². The summed E-state index contributed by atoms with van der Waals surface area (Å²) in [4.78, 5) is 11.5. The van der Waals surface area contributed by atoms with Crippen molar-refractivity contribution in [2.45, 2.75) is 91.9 Å². The van der Waals surface area contributed by atoms with Gasteiger partial charge in [0.25, 0.3) is 0 Å². The minimum absolute atomic E-state index is 0.369. The molecule has 0 spiro atoms. The van der Waals surface area contributed by atoms with Crippen LogP contribution in [-0.2, 0) is 15.0 Å². The van der Waals surface area contributed by atoms with E-state index in [1.807, 2.05) is 45.0 Å². The molecule has 1 aromatic carbocycles. The first kappa shape index (κ1) is 25.5. The third-order valence-electron chi connectivity index (χ3n) is 6.76.